The van der Waals surface area contributed by atoms with Gasteiger partial charge in [-0.3, -0.25) is 10.1 Å². The van der Waals surface area contributed by atoms with Gasteiger partial charge in [-0.25, -0.2) is 12.8 Å². The molecule has 1 heterocycles. The fourth-order valence-electron chi connectivity index (χ4n) is 1.93. The van der Waals surface area contributed by atoms with Gasteiger partial charge in [-0.05, 0) is 19.1 Å². The molecule has 0 aliphatic heterocycles. The van der Waals surface area contributed by atoms with Crippen LogP contribution in [-0.4, -0.2) is 25.5 Å². The molecule has 9 heteroatoms. The van der Waals surface area contributed by atoms with E-state index in [0.717, 1.165) is 12.1 Å². The fourth-order valence-corrected chi connectivity index (χ4v) is 3.21. The van der Waals surface area contributed by atoms with E-state index in [4.69, 9.17) is 4.52 Å². The van der Waals surface area contributed by atoms with E-state index >= 15 is 0 Å². The first-order valence-electron chi connectivity index (χ1n) is 7.55. The number of sulfonamides is 1. The maximum Gasteiger partial charge on any atom is 0.244 e. The van der Waals surface area contributed by atoms with Gasteiger partial charge in [0.1, 0.15) is 10.7 Å². The van der Waals surface area contributed by atoms with Crippen molar-refractivity contribution >= 4 is 21.8 Å². The van der Waals surface area contributed by atoms with Crippen LogP contribution in [-0.2, 0) is 20.2 Å². The summed E-state index contributed by atoms with van der Waals surface area (Å²) in [5.41, 5.74) is 0.382. The molecule has 1 amide bonds. The van der Waals surface area contributed by atoms with Crippen LogP contribution in [0.25, 0.3) is 0 Å². The molecule has 0 unspecified atom stereocenters. The smallest absolute Gasteiger partial charge is 0.244 e. The number of hydrogen-bond donors (Lipinski definition) is 2. The van der Waals surface area contributed by atoms with Crippen LogP contribution in [0.5, 0.6) is 0 Å². The van der Waals surface area contributed by atoms with Crippen LogP contribution in [0.1, 0.15) is 33.4 Å². The third kappa shape index (κ3) is 4.64. The molecule has 0 aliphatic carbocycles. The summed E-state index contributed by atoms with van der Waals surface area (Å²) < 4.78 is 45.2. The summed E-state index contributed by atoms with van der Waals surface area (Å²) in [6.07, 6.45) is 0. The number of carbonyl (C=O) groups is 1. The number of carbonyl (C=O) groups excluding carboxylic acids is 1. The minimum Gasteiger partial charge on any atom is -0.338 e. The third-order valence-electron chi connectivity index (χ3n) is 3.38. The maximum atomic E-state index is 13.7. The Morgan fingerprint density at radius 2 is 1.92 bits per heavy atom. The van der Waals surface area contributed by atoms with Crippen LogP contribution in [0, 0.1) is 5.82 Å². The highest BCUT2D eigenvalue weighted by molar-refractivity contribution is 7.89. The summed E-state index contributed by atoms with van der Waals surface area (Å²) in [6, 6.07) is 5.34. The van der Waals surface area contributed by atoms with Gasteiger partial charge in [0.2, 0.25) is 21.8 Å². The summed E-state index contributed by atoms with van der Waals surface area (Å²) in [5, 5.41) is 6.29. The quantitative estimate of drug-likeness (QED) is 0.843. The summed E-state index contributed by atoms with van der Waals surface area (Å²) in [7, 11) is -4.18. The molecule has 2 aromatic rings. The van der Waals surface area contributed by atoms with Gasteiger partial charge in [0.05, 0.1) is 11.7 Å². The molecule has 0 spiro atoms. The van der Waals surface area contributed by atoms with Crippen molar-refractivity contribution in [3.05, 3.63) is 41.8 Å². The Morgan fingerprint density at radius 1 is 1.28 bits per heavy atom. The van der Waals surface area contributed by atoms with Crippen molar-refractivity contribution in [3.63, 3.8) is 0 Å². The molecule has 0 aliphatic rings. The van der Waals surface area contributed by atoms with Gasteiger partial charge in [-0.1, -0.05) is 38.1 Å². The highest BCUT2D eigenvalue weighted by Gasteiger charge is 2.26. The minimum atomic E-state index is -4.18. The van der Waals surface area contributed by atoms with Crippen LogP contribution in [0.4, 0.5) is 10.3 Å². The Balaban J connectivity index is 2.08. The largest absolute Gasteiger partial charge is 0.338 e. The van der Waals surface area contributed by atoms with Crippen LogP contribution < -0.4 is 10.0 Å². The number of nitrogens with one attached hydrogen (secondary N) is 2. The second kappa shape index (κ2) is 6.93. The molecule has 0 fully saturated rings. The lowest BCUT2D eigenvalue weighted by atomic mass is 9.92. The van der Waals surface area contributed by atoms with E-state index in [2.05, 4.69) is 15.2 Å². The van der Waals surface area contributed by atoms with E-state index in [9.17, 15) is 17.6 Å². The van der Waals surface area contributed by atoms with Gasteiger partial charge in [-0.15, -0.1) is 0 Å². The fraction of sp³-hybridized carbons (Fsp3) is 0.375. The van der Waals surface area contributed by atoms with Crippen molar-refractivity contribution in [2.45, 2.75) is 44.0 Å². The van der Waals surface area contributed by atoms with Crippen LogP contribution >= 0.6 is 0 Å². The number of rotatable bonds is 5. The van der Waals surface area contributed by atoms with Crippen molar-refractivity contribution in [2.24, 2.45) is 0 Å². The molecule has 0 radical (unpaired) electrons. The molecule has 136 valence electrons. The van der Waals surface area contributed by atoms with Crippen molar-refractivity contribution < 1.29 is 22.1 Å². The van der Waals surface area contributed by atoms with E-state index in [1.54, 1.807) is 6.07 Å². The van der Waals surface area contributed by atoms with E-state index in [-0.39, 0.29) is 11.3 Å². The van der Waals surface area contributed by atoms with Crippen LogP contribution in [0.15, 0.2) is 39.8 Å². The van der Waals surface area contributed by atoms with Crippen molar-refractivity contribution in [1.29, 1.82) is 0 Å². The number of hydrogen-bond acceptors (Lipinski definition) is 5. The maximum absolute atomic E-state index is 13.7. The molecule has 1 atom stereocenters. The van der Waals surface area contributed by atoms with Gasteiger partial charge in [0.15, 0.2) is 0 Å². The van der Waals surface area contributed by atoms with Gasteiger partial charge >= 0.3 is 0 Å². The molecule has 1 aromatic heterocycles. The predicted molar refractivity (Wildman–Crippen MR) is 90.0 cm³/mol. The van der Waals surface area contributed by atoms with Crippen molar-refractivity contribution in [2.75, 3.05) is 5.32 Å². The number of amides is 1. The molecule has 2 N–H and O–H groups in total. The lowest BCUT2D eigenvalue weighted by molar-refractivity contribution is -0.117. The Bertz CT molecular complexity index is 872. The Morgan fingerprint density at radius 3 is 2.48 bits per heavy atom. The van der Waals surface area contributed by atoms with Gasteiger partial charge < -0.3 is 4.52 Å². The second-order valence-electron chi connectivity index (χ2n) is 6.59. The average molecular weight is 369 g/mol. The number of halogens is 1. The molecule has 2 rings (SSSR count). The molecular formula is C16H20FN3O4S. The Labute approximate surface area is 145 Å². The normalized spacial score (nSPS) is 13.5. The first kappa shape index (κ1) is 19.1. The van der Waals surface area contributed by atoms with Gasteiger partial charge in [0, 0.05) is 11.5 Å². The molecular weight excluding hydrogens is 349 g/mol. The van der Waals surface area contributed by atoms with Gasteiger partial charge in [-0.2, -0.15) is 4.72 Å². The lowest BCUT2D eigenvalue weighted by Crippen LogP contribution is -2.41. The van der Waals surface area contributed by atoms with Crippen molar-refractivity contribution in [1.82, 2.24) is 9.88 Å². The average Bonchev–Trinajstić information content (AvgIpc) is 2.95. The Kier molecular flexibility index (Phi) is 5.28. The lowest BCUT2D eigenvalue weighted by Gasteiger charge is -2.14. The SMILES string of the molecule is C[C@H](NS(=O)(=O)c1ccccc1F)C(=O)Nc1cc(C(C)(C)C)no1. The molecule has 0 bridgehead atoms. The Hall–Kier alpha value is -2.26. The predicted octanol–water partition coefficient (Wildman–Crippen LogP) is 2.42. The van der Waals surface area contributed by atoms with E-state index < -0.39 is 32.7 Å². The van der Waals surface area contributed by atoms with Crippen LogP contribution in [0.2, 0.25) is 0 Å². The topological polar surface area (TPSA) is 101 Å². The highest BCUT2D eigenvalue weighted by Crippen LogP contribution is 2.23. The summed E-state index contributed by atoms with van der Waals surface area (Å²) in [4.78, 5) is 11.6. The second-order valence-corrected chi connectivity index (χ2v) is 8.27. The zero-order valence-electron chi connectivity index (χ0n) is 14.3. The first-order valence-corrected chi connectivity index (χ1v) is 9.04. The highest BCUT2D eigenvalue weighted by atomic mass is 32.2. The standard InChI is InChI=1S/C16H20FN3O4S/c1-10(20-25(22,23)12-8-6-5-7-11(12)17)15(21)18-14-9-13(19-24-14)16(2,3)4/h5-10,20H,1-4H3,(H,18,21)/t10-/m0/s1. The number of aromatic nitrogens is 1. The first-order chi connectivity index (χ1) is 11.5. The zero-order valence-corrected chi connectivity index (χ0v) is 15.1. The molecule has 7 nitrogen and oxygen atoms in total. The number of benzene rings is 1. The molecule has 0 saturated heterocycles. The van der Waals surface area contributed by atoms with E-state index in [1.165, 1.54) is 19.1 Å². The summed E-state index contributed by atoms with van der Waals surface area (Å²) in [5.74, 6) is -1.45. The zero-order chi connectivity index (χ0) is 18.8. The minimum absolute atomic E-state index is 0.104. The van der Waals surface area contributed by atoms with E-state index in [0.29, 0.717) is 5.69 Å². The molecule has 0 saturated carbocycles. The van der Waals surface area contributed by atoms with Crippen molar-refractivity contribution in [3.8, 4) is 0 Å². The third-order valence-corrected chi connectivity index (χ3v) is 4.95. The monoisotopic (exact) mass is 369 g/mol. The van der Waals surface area contributed by atoms with Crippen LogP contribution in [0.3, 0.4) is 0 Å². The summed E-state index contributed by atoms with van der Waals surface area (Å²) in [6.45, 7) is 7.14. The van der Waals surface area contributed by atoms with E-state index in [1.807, 2.05) is 20.8 Å². The van der Waals surface area contributed by atoms with Gasteiger partial charge in [0.25, 0.3) is 0 Å². The summed E-state index contributed by atoms with van der Waals surface area (Å²) >= 11 is 0. The molecule has 25 heavy (non-hydrogen) atoms. The number of nitrogens with zero attached hydrogens (tertiary/aromatic N) is 1. The number of anilines is 1. The molecule has 1 aromatic carbocycles.